The lowest BCUT2D eigenvalue weighted by Gasteiger charge is -2.40. The second-order valence-electron chi connectivity index (χ2n) is 14.3. The molecule has 0 saturated heterocycles. The van der Waals surface area contributed by atoms with Crippen molar-refractivity contribution < 1.29 is 0 Å². The van der Waals surface area contributed by atoms with Crippen molar-refractivity contribution in [2.75, 3.05) is 0 Å². The standard InChI is InChI=1S/C52H33N3S/c1-3-17-34(18-4-1)49-53-50(35-19-5-2-6-20-35)55-51(54-49)42-26-10-9-23-39(42)38-22-8-7-21-37(38)36-31-32-48-46(33-36)52(45-29-15-16-30-47(45)56-48)43-27-13-11-24-40(43)41-25-12-14-28-44(41)52/h1-33H. The van der Waals surface area contributed by atoms with E-state index in [1.807, 2.05) is 48.2 Å². The number of nitrogens with zero attached hydrogens (tertiary/aromatic N) is 3. The molecule has 1 aromatic heterocycles. The summed E-state index contributed by atoms with van der Waals surface area (Å²) in [4.78, 5) is 17.8. The van der Waals surface area contributed by atoms with Crippen molar-refractivity contribution in [3.63, 3.8) is 0 Å². The first-order valence-electron chi connectivity index (χ1n) is 18.9. The molecular formula is C52H33N3S. The number of aromatic nitrogens is 3. The summed E-state index contributed by atoms with van der Waals surface area (Å²) in [6.07, 6.45) is 0. The smallest absolute Gasteiger partial charge is 0.164 e. The molecule has 0 fully saturated rings. The lowest BCUT2D eigenvalue weighted by atomic mass is 9.67. The van der Waals surface area contributed by atoms with Gasteiger partial charge in [0.1, 0.15) is 0 Å². The molecule has 0 atom stereocenters. The summed E-state index contributed by atoms with van der Waals surface area (Å²) in [6.45, 7) is 0. The fraction of sp³-hybridized carbons (Fsp3) is 0.0192. The second kappa shape index (κ2) is 13.2. The van der Waals surface area contributed by atoms with Crippen LogP contribution in [0.3, 0.4) is 0 Å². The molecule has 0 unspecified atom stereocenters. The summed E-state index contributed by atoms with van der Waals surface area (Å²) in [7, 11) is 0. The maximum atomic E-state index is 5.13. The Hall–Kier alpha value is -6.88. The van der Waals surface area contributed by atoms with Gasteiger partial charge < -0.3 is 0 Å². The maximum Gasteiger partial charge on any atom is 0.164 e. The van der Waals surface area contributed by atoms with Crippen molar-refractivity contribution >= 4 is 11.8 Å². The molecule has 1 aliphatic heterocycles. The molecule has 0 amide bonds. The number of hydrogen-bond acceptors (Lipinski definition) is 4. The van der Waals surface area contributed by atoms with Gasteiger partial charge in [-0.05, 0) is 73.8 Å². The van der Waals surface area contributed by atoms with E-state index < -0.39 is 5.41 Å². The molecule has 0 saturated carbocycles. The summed E-state index contributed by atoms with van der Waals surface area (Å²) in [6, 6.07) is 71.6. The molecule has 3 nitrogen and oxygen atoms in total. The van der Waals surface area contributed by atoms with Gasteiger partial charge in [0.05, 0.1) is 5.41 Å². The molecule has 0 bridgehead atoms. The van der Waals surface area contributed by atoms with E-state index in [0.717, 1.165) is 33.4 Å². The van der Waals surface area contributed by atoms with E-state index in [-0.39, 0.29) is 0 Å². The third-order valence-corrected chi connectivity index (χ3v) is 12.4. The summed E-state index contributed by atoms with van der Waals surface area (Å²) in [5, 5.41) is 0. The highest BCUT2D eigenvalue weighted by Gasteiger charge is 2.50. The quantitative estimate of drug-likeness (QED) is 0.177. The van der Waals surface area contributed by atoms with Crippen molar-refractivity contribution in [2.24, 2.45) is 0 Å². The highest BCUT2D eigenvalue weighted by atomic mass is 32.2. The van der Waals surface area contributed by atoms with Crippen LogP contribution in [0.25, 0.3) is 67.5 Å². The molecule has 8 aromatic carbocycles. The van der Waals surface area contributed by atoms with Crippen molar-refractivity contribution in [1.82, 2.24) is 15.0 Å². The number of hydrogen-bond donors (Lipinski definition) is 0. The minimum Gasteiger partial charge on any atom is -0.208 e. The van der Waals surface area contributed by atoms with Crippen LogP contribution in [0.2, 0.25) is 0 Å². The van der Waals surface area contributed by atoms with Gasteiger partial charge in [0, 0.05) is 26.5 Å². The van der Waals surface area contributed by atoms with Crippen molar-refractivity contribution in [1.29, 1.82) is 0 Å². The van der Waals surface area contributed by atoms with E-state index in [1.165, 1.54) is 48.7 Å². The summed E-state index contributed by atoms with van der Waals surface area (Å²) in [5.74, 6) is 1.93. The third-order valence-electron chi connectivity index (χ3n) is 11.2. The molecule has 0 N–H and O–H groups in total. The molecule has 1 aliphatic carbocycles. The first-order chi connectivity index (χ1) is 27.8. The summed E-state index contributed by atoms with van der Waals surface area (Å²) in [5.41, 5.74) is 14.8. The minimum atomic E-state index is -0.445. The Morgan fingerprint density at radius 1 is 0.286 bits per heavy atom. The van der Waals surface area contributed by atoms with Crippen LogP contribution in [0, 0.1) is 0 Å². The Kier molecular flexibility index (Phi) is 7.64. The van der Waals surface area contributed by atoms with Crippen LogP contribution in [-0.2, 0) is 5.41 Å². The fourth-order valence-electron chi connectivity index (χ4n) is 8.84. The van der Waals surface area contributed by atoms with Crippen LogP contribution >= 0.6 is 11.8 Å². The molecule has 56 heavy (non-hydrogen) atoms. The molecule has 2 aliphatic rings. The van der Waals surface area contributed by atoms with E-state index in [9.17, 15) is 0 Å². The van der Waals surface area contributed by atoms with Crippen LogP contribution in [0.1, 0.15) is 22.3 Å². The molecular weight excluding hydrogens is 699 g/mol. The Labute approximate surface area is 330 Å². The zero-order valence-electron chi connectivity index (χ0n) is 30.3. The molecule has 0 radical (unpaired) electrons. The van der Waals surface area contributed by atoms with Crippen LogP contribution in [0.4, 0.5) is 0 Å². The Morgan fingerprint density at radius 2 is 0.714 bits per heavy atom. The second-order valence-corrected chi connectivity index (χ2v) is 15.4. The van der Waals surface area contributed by atoms with E-state index in [2.05, 4.69) is 164 Å². The molecule has 262 valence electrons. The summed E-state index contributed by atoms with van der Waals surface area (Å²) < 4.78 is 0. The van der Waals surface area contributed by atoms with Gasteiger partial charge in [0.2, 0.25) is 0 Å². The topological polar surface area (TPSA) is 38.7 Å². The van der Waals surface area contributed by atoms with Gasteiger partial charge in [-0.15, -0.1) is 0 Å². The van der Waals surface area contributed by atoms with E-state index in [0.29, 0.717) is 17.5 Å². The first kappa shape index (κ1) is 32.5. The molecule has 11 rings (SSSR count). The van der Waals surface area contributed by atoms with Gasteiger partial charge in [0.25, 0.3) is 0 Å². The van der Waals surface area contributed by atoms with E-state index in [4.69, 9.17) is 15.0 Å². The normalized spacial score (nSPS) is 13.1. The van der Waals surface area contributed by atoms with Crippen LogP contribution in [-0.4, -0.2) is 15.0 Å². The molecule has 9 aromatic rings. The summed E-state index contributed by atoms with van der Waals surface area (Å²) >= 11 is 1.87. The van der Waals surface area contributed by atoms with Gasteiger partial charge in [-0.2, -0.15) is 0 Å². The zero-order valence-corrected chi connectivity index (χ0v) is 31.1. The minimum absolute atomic E-state index is 0.445. The predicted octanol–water partition coefficient (Wildman–Crippen LogP) is 13.0. The Bertz CT molecular complexity index is 2850. The van der Waals surface area contributed by atoms with Crippen molar-refractivity contribution in [2.45, 2.75) is 15.2 Å². The molecule has 4 heteroatoms. The number of benzene rings is 8. The largest absolute Gasteiger partial charge is 0.208 e. The van der Waals surface area contributed by atoms with Gasteiger partial charge in [0.15, 0.2) is 17.5 Å². The number of rotatable bonds is 5. The maximum absolute atomic E-state index is 5.13. The van der Waals surface area contributed by atoms with E-state index in [1.54, 1.807) is 0 Å². The van der Waals surface area contributed by atoms with Gasteiger partial charge in [-0.25, -0.2) is 15.0 Å². The Balaban J connectivity index is 1.11. The van der Waals surface area contributed by atoms with Crippen LogP contribution < -0.4 is 0 Å². The lowest BCUT2D eigenvalue weighted by molar-refractivity contribution is 0.723. The van der Waals surface area contributed by atoms with Crippen LogP contribution in [0.5, 0.6) is 0 Å². The zero-order chi connectivity index (χ0) is 37.1. The lowest BCUT2D eigenvalue weighted by Crippen LogP contribution is -2.32. The van der Waals surface area contributed by atoms with Gasteiger partial charge in [-0.3, -0.25) is 0 Å². The van der Waals surface area contributed by atoms with Crippen molar-refractivity contribution in [3.8, 4) is 67.5 Å². The monoisotopic (exact) mass is 731 g/mol. The van der Waals surface area contributed by atoms with E-state index >= 15 is 0 Å². The van der Waals surface area contributed by atoms with Gasteiger partial charge in [-0.1, -0.05) is 194 Å². The SMILES string of the molecule is c1ccc(-c2nc(-c3ccccc3)nc(-c3ccccc3-c3ccccc3-c3ccc4c(c3)C3(c5ccccc5S4)c4ccccc4-c4ccccc43)n2)cc1. The fourth-order valence-corrected chi connectivity index (χ4v) is 10.0. The van der Waals surface area contributed by atoms with Gasteiger partial charge >= 0.3 is 0 Å². The molecule has 1 spiro atoms. The highest BCUT2D eigenvalue weighted by molar-refractivity contribution is 7.99. The average molecular weight is 732 g/mol. The third kappa shape index (κ3) is 5.03. The average Bonchev–Trinajstić information content (AvgIpc) is 3.57. The number of fused-ring (bicyclic) bond motifs is 9. The predicted molar refractivity (Wildman–Crippen MR) is 228 cm³/mol. The first-order valence-corrected chi connectivity index (χ1v) is 19.8. The Morgan fingerprint density at radius 3 is 1.32 bits per heavy atom. The van der Waals surface area contributed by atoms with Crippen LogP contribution in [0.15, 0.2) is 210 Å². The molecule has 2 heterocycles. The highest BCUT2D eigenvalue weighted by Crippen LogP contribution is 2.62. The van der Waals surface area contributed by atoms with Crippen molar-refractivity contribution in [3.05, 3.63) is 222 Å².